The van der Waals surface area contributed by atoms with Gasteiger partial charge in [-0.2, -0.15) is 0 Å². The number of unbranched alkanes of at least 4 members (excludes halogenated alkanes) is 1. The van der Waals surface area contributed by atoms with Crippen molar-refractivity contribution in [1.29, 1.82) is 0 Å². The molecule has 3 aliphatic heterocycles. The minimum atomic E-state index is -0.663. The van der Waals surface area contributed by atoms with E-state index in [0.717, 1.165) is 12.8 Å². The van der Waals surface area contributed by atoms with E-state index in [1.54, 1.807) is 23.7 Å². The van der Waals surface area contributed by atoms with Crippen molar-refractivity contribution in [1.82, 2.24) is 15.5 Å². The maximum Gasteiger partial charge on any atom is 0.244 e. The van der Waals surface area contributed by atoms with Crippen molar-refractivity contribution >= 4 is 45.4 Å². The second-order valence-corrected chi connectivity index (χ2v) is 10.6. The van der Waals surface area contributed by atoms with Gasteiger partial charge in [0.05, 0.1) is 29.2 Å². The number of carbonyl (C=O) groups excluding carboxylic acids is 3. The maximum absolute atomic E-state index is 13.5. The lowest BCUT2D eigenvalue weighted by atomic mass is 9.70. The lowest BCUT2D eigenvalue weighted by Crippen LogP contribution is -2.57. The van der Waals surface area contributed by atoms with Crippen LogP contribution < -0.4 is 10.6 Å². The highest BCUT2D eigenvalue weighted by atomic mass is 79.9. The first-order valence-electron chi connectivity index (χ1n) is 10.1. The van der Waals surface area contributed by atoms with Crippen molar-refractivity contribution in [2.75, 3.05) is 20.2 Å². The zero-order valence-electron chi connectivity index (χ0n) is 16.6. The third kappa shape index (κ3) is 3.17. The number of amides is 3. The predicted molar refractivity (Wildman–Crippen MR) is 112 cm³/mol. The first kappa shape index (κ1) is 21.9. The molecule has 3 N–H and O–H groups in total. The molecule has 3 amide bonds. The molecule has 9 heteroatoms. The summed E-state index contributed by atoms with van der Waals surface area (Å²) in [4.78, 5) is 41.2. The monoisotopic (exact) mass is 475 g/mol. The first-order chi connectivity index (χ1) is 13.4. The SMILES string of the molecule is CCCCNC(=O)C1N([C@@H](CC)CO)C(=O)[C@@H]2[C@H](C(=O)NC)[C@H]3SC12CC3Br. The number of nitrogens with one attached hydrogen (secondary N) is 2. The van der Waals surface area contributed by atoms with Crippen LogP contribution in [-0.4, -0.2) is 74.8 Å². The highest BCUT2D eigenvalue weighted by Crippen LogP contribution is 2.67. The van der Waals surface area contributed by atoms with Crippen LogP contribution in [0.4, 0.5) is 0 Å². The molecule has 28 heavy (non-hydrogen) atoms. The lowest BCUT2D eigenvalue weighted by molar-refractivity contribution is -0.142. The van der Waals surface area contributed by atoms with Crippen LogP contribution in [0.1, 0.15) is 39.5 Å². The maximum atomic E-state index is 13.5. The zero-order valence-corrected chi connectivity index (χ0v) is 19.0. The number of carbonyl (C=O) groups is 3. The summed E-state index contributed by atoms with van der Waals surface area (Å²) in [6, 6.07) is -1.09. The van der Waals surface area contributed by atoms with E-state index in [2.05, 4.69) is 33.5 Å². The summed E-state index contributed by atoms with van der Waals surface area (Å²) in [5.41, 5.74) is 0. The molecule has 3 fully saturated rings. The summed E-state index contributed by atoms with van der Waals surface area (Å²) < 4.78 is -0.633. The van der Waals surface area contributed by atoms with E-state index in [-0.39, 0.29) is 34.4 Å². The molecular formula is C19H30BrN3O4S. The van der Waals surface area contributed by atoms with E-state index in [9.17, 15) is 19.5 Å². The van der Waals surface area contributed by atoms with Crippen molar-refractivity contribution in [2.45, 2.75) is 66.4 Å². The zero-order chi connectivity index (χ0) is 20.6. The van der Waals surface area contributed by atoms with E-state index in [1.807, 2.05) is 6.92 Å². The first-order valence-corrected chi connectivity index (χ1v) is 11.9. The third-order valence-electron chi connectivity index (χ3n) is 6.43. The fourth-order valence-corrected chi connectivity index (χ4v) is 8.73. The van der Waals surface area contributed by atoms with E-state index in [0.29, 0.717) is 19.4 Å². The van der Waals surface area contributed by atoms with Crippen LogP contribution in [0.3, 0.4) is 0 Å². The van der Waals surface area contributed by atoms with E-state index in [1.165, 1.54) is 0 Å². The Morgan fingerprint density at radius 1 is 1.39 bits per heavy atom. The molecule has 0 saturated carbocycles. The molecule has 0 aromatic carbocycles. The van der Waals surface area contributed by atoms with Gasteiger partial charge in [0.2, 0.25) is 17.7 Å². The van der Waals surface area contributed by atoms with Crippen LogP contribution >= 0.6 is 27.7 Å². The minimum Gasteiger partial charge on any atom is -0.394 e. The van der Waals surface area contributed by atoms with E-state index >= 15 is 0 Å². The van der Waals surface area contributed by atoms with Gasteiger partial charge < -0.3 is 20.6 Å². The highest BCUT2D eigenvalue weighted by Gasteiger charge is 2.75. The van der Waals surface area contributed by atoms with Gasteiger partial charge in [-0.05, 0) is 19.3 Å². The quantitative estimate of drug-likeness (QED) is 0.357. The van der Waals surface area contributed by atoms with E-state index < -0.39 is 28.7 Å². The number of hydrogen-bond acceptors (Lipinski definition) is 5. The van der Waals surface area contributed by atoms with Gasteiger partial charge in [0, 0.05) is 23.7 Å². The number of rotatable bonds is 8. The molecular weight excluding hydrogens is 446 g/mol. The normalized spacial score (nSPS) is 37.1. The Balaban J connectivity index is 2.02. The number of halogens is 1. The summed E-state index contributed by atoms with van der Waals surface area (Å²) in [5.74, 6) is -1.47. The summed E-state index contributed by atoms with van der Waals surface area (Å²) in [7, 11) is 1.59. The number of aliphatic hydroxyl groups excluding tert-OH is 1. The fourth-order valence-electron chi connectivity index (χ4n) is 5.13. The fraction of sp³-hybridized carbons (Fsp3) is 0.842. The topological polar surface area (TPSA) is 98.7 Å². The standard InChI is InChI=1S/C19H30BrN3O4S/c1-4-6-7-22-17(26)15-19-8-11(20)14(28-19)12(16(25)21-3)13(19)18(27)23(15)10(5-2)9-24/h10-15,24H,4-9H2,1-3H3,(H,21,25)(H,22,26)/t10-,11?,12-,13-,14-,15?,19?/m0/s1. The Morgan fingerprint density at radius 3 is 2.68 bits per heavy atom. The van der Waals surface area contributed by atoms with Crippen LogP contribution in [-0.2, 0) is 14.4 Å². The van der Waals surface area contributed by atoms with Crippen LogP contribution in [0.25, 0.3) is 0 Å². The van der Waals surface area contributed by atoms with Gasteiger partial charge in [-0.15, -0.1) is 11.8 Å². The van der Waals surface area contributed by atoms with Gasteiger partial charge in [-0.25, -0.2) is 0 Å². The Hall–Kier alpha value is -0.800. The van der Waals surface area contributed by atoms with Gasteiger partial charge in [0.15, 0.2) is 0 Å². The van der Waals surface area contributed by atoms with Crippen molar-refractivity contribution in [3.8, 4) is 0 Å². The summed E-state index contributed by atoms with van der Waals surface area (Å²) >= 11 is 5.32. The molecule has 1 spiro atoms. The molecule has 0 radical (unpaired) electrons. The molecule has 3 rings (SSSR count). The number of nitrogens with zero attached hydrogens (tertiary/aromatic N) is 1. The van der Waals surface area contributed by atoms with Crippen LogP contribution in [0.15, 0.2) is 0 Å². The molecule has 0 aromatic heterocycles. The number of aliphatic hydroxyl groups is 1. The summed E-state index contributed by atoms with van der Waals surface area (Å²) in [6.07, 6.45) is 3.06. The van der Waals surface area contributed by atoms with Crippen molar-refractivity contribution in [2.24, 2.45) is 11.8 Å². The smallest absolute Gasteiger partial charge is 0.244 e. The molecule has 3 heterocycles. The Morgan fingerprint density at radius 2 is 2.11 bits per heavy atom. The second-order valence-electron chi connectivity index (χ2n) is 7.91. The number of likely N-dealkylation sites (tertiary alicyclic amines) is 1. The highest BCUT2D eigenvalue weighted by molar-refractivity contribution is 9.09. The minimum absolute atomic E-state index is 0.0313. The molecule has 3 saturated heterocycles. The van der Waals surface area contributed by atoms with Gasteiger partial charge in [-0.3, -0.25) is 14.4 Å². The molecule has 0 aliphatic carbocycles. The summed E-state index contributed by atoms with van der Waals surface area (Å²) in [6.45, 7) is 4.33. The average molecular weight is 476 g/mol. The number of hydrogen-bond donors (Lipinski definition) is 3. The van der Waals surface area contributed by atoms with Gasteiger partial charge in [0.1, 0.15) is 6.04 Å². The molecule has 0 aromatic rings. The third-order valence-corrected chi connectivity index (χ3v) is 9.65. The average Bonchev–Trinajstić information content (AvgIpc) is 3.26. The van der Waals surface area contributed by atoms with E-state index in [4.69, 9.17) is 0 Å². The number of fused-ring (bicyclic) bond motifs is 1. The largest absolute Gasteiger partial charge is 0.394 e. The van der Waals surface area contributed by atoms with Crippen LogP contribution in [0, 0.1) is 11.8 Å². The molecule has 7 atom stereocenters. The van der Waals surface area contributed by atoms with Crippen molar-refractivity contribution in [3.05, 3.63) is 0 Å². The molecule has 3 aliphatic rings. The Bertz CT molecular complexity index is 647. The van der Waals surface area contributed by atoms with Gasteiger partial charge >= 0.3 is 0 Å². The van der Waals surface area contributed by atoms with Gasteiger partial charge in [0.25, 0.3) is 0 Å². The Labute approximate surface area is 178 Å². The Kier molecular flexibility index (Phi) is 6.66. The lowest BCUT2D eigenvalue weighted by Gasteiger charge is -2.37. The molecule has 2 bridgehead atoms. The predicted octanol–water partition coefficient (Wildman–Crippen LogP) is 0.884. The number of alkyl halides is 1. The van der Waals surface area contributed by atoms with Crippen molar-refractivity contribution in [3.63, 3.8) is 0 Å². The van der Waals surface area contributed by atoms with Crippen LogP contribution in [0.2, 0.25) is 0 Å². The summed E-state index contributed by atoms with van der Waals surface area (Å²) in [5, 5.41) is 15.6. The van der Waals surface area contributed by atoms with Crippen molar-refractivity contribution < 1.29 is 19.5 Å². The van der Waals surface area contributed by atoms with Crippen LogP contribution in [0.5, 0.6) is 0 Å². The molecule has 7 nitrogen and oxygen atoms in total. The molecule has 158 valence electrons. The second kappa shape index (κ2) is 8.52. The number of thioether (sulfide) groups is 1. The molecule has 3 unspecified atom stereocenters. The van der Waals surface area contributed by atoms with Gasteiger partial charge in [-0.1, -0.05) is 36.2 Å².